The molecule has 0 amide bonds. The Morgan fingerprint density at radius 3 is 2.64 bits per heavy atom. The van der Waals surface area contributed by atoms with Crippen molar-refractivity contribution in [3.05, 3.63) is 108 Å². The van der Waals surface area contributed by atoms with Crippen molar-refractivity contribution in [2.75, 3.05) is 6.26 Å². The van der Waals surface area contributed by atoms with Gasteiger partial charge >= 0.3 is 0 Å². The van der Waals surface area contributed by atoms with Crippen molar-refractivity contribution in [3.63, 3.8) is 0 Å². The molecule has 0 aliphatic rings. The third kappa shape index (κ3) is 5.60. The van der Waals surface area contributed by atoms with Gasteiger partial charge in [-0.3, -0.25) is 9.82 Å². The van der Waals surface area contributed by atoms with Gasteiger partial charge in [0, 0.05) is 28.5 Å². The van der Waals surface area contributed by atoms with E-state index in [1.807, 2.05) is 61.7 Å². The minimum atomic E-state index is -1.41. The third-order valence-corrected chi connectivity index (χ3v) is 7.42. The zero-order valence-corrected chi connectivity index (χ0v) is 23.0. The summed E-state index contributed by atoms with van der Waals surface area (Å²) in [5, 5.41) is 9.75. The fourth-order valence-electron chi connectivity index (χ4n) is 4.67. The van der Waals surface area contributed by atoms with Crippen molar-refractivity contribution in [2.24, 2.45) is 5.73 Å². The van der Waals surface area contributed by atoms with Crippen molar-refractivity contribution >= 4 is 48.5 Å². The molecule has 198 valence electrons. The quantitative estimate of drug-likeness (QED) is 0.124. The number of H-pyrrole nitrogens is 2. The molecule has 5 rings (SSSR count). The molecule has 0 unspecified atom stereocenters. The molecule has 39 heavy (non-hydrogen) atoms. The Kier molecular flexibility index (Phi) is 7.04. The standard InChI is InChI=1S/C32H32FN5S/c1-6-21(16-25(34)7-2)22-11-12-30-28(17-22)32(38-37-30)31-18-27-26(9-8-10-29(27)36-31)23-13-20(14-24(33)15-23)19-35-39(3,4)5/h6-18,35-36H,2-4,19,34H2,1,5H3,(H,37,38)/b21-6+,25-16+. The number of rotatable bonds is 8. The Bertz CT molecular complexity index is 1890. The van der Waals surface area contributed by atoms with Crippen molar-refractivity contribution in [1.82, 2.24) is 19.9 Å². The molecule has 0 bridgehead atoms. The lowest BCUT2D eigenvalue weighted by Gasteiger charge is -2.12. The highest BCUT2D eigenvalue weighted by atomic mass is 32.2. The maximum atomic E-state index is 14.7. The predicted octanol–water partition coefficient (Wildman–Crippen LogP) is 7.25. The zero-order chi connectivity index (χ0) is 27.7. The highest BCUT2D eigenvalue weighted by Crippen LogP contribution is 2.35. The lowest BCUT2D eigenvalue weighted by Crippen LogP contribution is -2.08. The van der Waals surface area contributed by atoms with Gasteiger partial charge in [0.2, 0.25) is 0 Å². The first-order valence-electron chi connectivity index (χ1n) is 12.5. The SMILES string of the molecule is C=C/C(N)=C\C(=C/C)c1ccc2[nH]nc(-c3cc4c(-c5cc(F)cc(CNS(=C)(=C)C)c5)cccc4[nH]3)c2c1. The molecule has 0 saturated heterocycles. The van der Waals surface area contributed by atoms with Crippen LogP contribution in [0.25, 0.3) is 49.9 Å². The van der Waals surface area contributed by atoms with E-state index >= 15 is 0 Å². The van der Waals surface area contributed by atoms with Crippen molar-refractivity contribution in [3.8, 4) is 22.5 Å². The highest BCUT2D eigenvalue weighted by Gasteiger charge is 2.15. The van der Waals surface area contributed by atoms with E-state index in [4.69, 9.17) is 5.73 Å². The number of hydrogen-bond acceptors (Lipinski definition) is 3. The van der Waals surface area contributed by atoms with Crippen molar-refractivity contribution in [2.45, 2.75) is 13.5 Å². The molecular formula is C32H32FN5S. The van der Waals surface area contributed by atoms with Crippen LogP contribution in [0, 0.1) is 5.82 Å². The first-order chi connectivity index (χ1) is 18.6. The van der Waals surface area contributed by atoms with Crippen LogP contribution < -0.4 is 10.5 Å². The Hall–Kier alpha value is -4.33. The summed E-state index contributed by atoms with van der Waals surface area (Å²) in [6.07, 6.45) is 7.52. The molecule has 3 aromatic carbocycles. The maximum absolute atomic E-state index is 14.7. The van der Waals surface area contributed by atoms with Crippen LogP contribution in [0.15, 0.2) is 91.2 Å². The number of nitrogens with zero attached hydrogens (tertiary/aromatic N) is 1. The van der Waals surface area contributed by atoms with E-state index in [1.165, 1.54) is 0 Å². The Morgan fingerprint density at radius 1 is 1.08 bits per heavy atom. The fourth-order valence-corrected chi connectivity index (χ4v) is 5.19. The summed E-state index contributed by atoms with van der Waals surface area (Å²) in [6, 6.07) is 19.4. The number of hydrogen-bond donors (Lipinski definition) is 4. The van der Waals surface area contributed by atoms with Gasteiger partial charge in [-0.25, -0.2) is 4.39 Å². The molecule has 0 fully saturated rings. The summed E-state index contributed by atoms with van der Waals surface area (Å²) in [5.74, 6) is 7.83. The normalized spacial score (nSPS) is 12.9. The van der Waals surface area contributed by atoms with E-state index in [0.717, 1.165) is 61.0 Å². The van der Waals surface area contributed by atoms with Crippen LogP contribution in [0.5, 0.6) is 0 Å². The fraction of sp³-hybridized carbons (Fsp3) is 0.0938. The largest absolute Gasteiger partial charge is 0.399 e. The number of aromatic amines is 2. The van der Waals surface area contributed by atoms with Crippen LogP contribution in [0.2, 0.25) is 0 Å². The molecule has 7 heteroatoms. The van der Waals surface area contributed by atoms with E-state index in [-0.39, 0.29) is 5.82 Å². The van der Waals surface area contributed by atoms with E-state index in [1.54, 1.807) is 18.2 Å². The first-order valence-corrected chi connectivity index (χ1v) is 14.9. The van der Waals surface area contributed by atoms with Crippen LogP contribution in [0.1, 0.15) is 18.1 Å². The van der Waals surface area contributed by atoms with Gasteiger partial charge in [-0.1, -0.05) is 42.6 Å². The van der Waals surface area contributed by atoms with E-state index < -0.39 is 9.39 Å². The molecule has 5 nitrogen and oxygen atoms in total. The van der Waals surface area contributed by atoms with Gasteiger partial charge in [-0.2, -0.15) is 14.5 Å². The van der Waals surface area contributed by atoms with Crippen LogP contribution >= 0.6 is 9.39 Å². The van der Waals surface area contributed by atoms with Gasteiger partial charge in [0.15, 0.2) is 0 Å². The molecular weight excluding hydrogens is 505 g/mol. The van der Waals surface area contributed by atoms with Gasteiger partial charge in [0.25, 0.3) is 0 Å². The highest BCUT2D eigenvalue weighted by molar-refractivity contribution is 8.25. The summed E-state index contributed by atoms with van der Waals surface area (Å²) >= 11 is 0. The van der Waals surface area contributed by atoms with Gasteiger partial charge in [-0.15, -0.1) is 0 Å². The molecule has 0 aliphatic heterocycles. The van der Waals surface area contributed by atoms with Crippen LogP contribution in [0.3, 0.4) is 0 Å². The molecule has 5 aromatic rings. The smallest absolute Gasteiger partial charge is 0.124 e. The van der Waals surface area contributed by atoms with Crippen LogP contribution in [-0.2, 0) is 6.54 Å². The first kappa shape index (κ1) is 26.3. The minimum Gasteiger partial charge on any atom is -0.399 e. The Labute approximate surface area is 228 Å². The van der Waals surface area contributed by atoms with E-state index in [9.17, 15) is 4.39 Å². The number of nitrogens with two attached hydrogens (primary N) is 1. The molecule has 0 aliphatic carbocycles. The summed E-state index contributed by atoms with van der Waals surface area (Å²) in [7, 11) is -1.41. The number of benzene rings is 3. The number of allylic oxidation sites excluding steroid dienone is 4. The zero-order valence-electron chi connectivity index (χ0n) is 22.1. The molecule has 0 spiro atoms. The van der Waals surface area contributed by atoms with E-state index in [0.29, 0.717) is 12.2 Å². The monoisotopic (exact) mass is 537 g/mol. The van der Waals surface area contributed by atoms with Gasteiger partial charge in [0.05, 0.1) is 11.2 Å². The van der Waals surface area contributed by atoms with Gasteiger partial charge in [-0.05, 0) is 95.6 Å². The Balaban J connectivity index is 1.59. The summed E-state index contributed by atoms with van der Waals surface area (Å²) in [6.45, 7) is 6.23. The molecule has 0 saturated carbocycles. The lowest BCUT2D eigenvalue weighted by atomic mass is 9.99. The Morgan fingerprint density at radius 2 is 1.90 bits per heavy atom. The van der Waals surface area contributed by atoms with Crippen molar-refractivity contribution in [1.29, 1.82) is 0 Å². The van der Waals surface area contributed by atoms with E-state index in [2.05, 4.69) is 50.4 Å². The average Bonchev–Trinajstić information content (AvgIpc) is 3.53. The number of aromatic nitrogens is 3. The number of fused-ring (bicyclic) bond motifs is 2. The van der Waals surface area contributed by atoms with Gasteiger partial charge < -0.3 is 10.7 Å². The van der Waals surface area contributed by atoms with Crippen LogP contribution in [0.4, 0.5) is 4.39 Å². The number of nitrogens with one attached hydrogen (secondary N) is 3. The number of halogens is 1. The summed E-state index contributed by atoms with van der Waals surface area (Å²) in [4.78, 5) is 3.52. The second-order valence-corrected chi connectivity index (χ2v) is 12.7. The maximum Gasteiger partial charge on any atom is 0.124 e. The average molecular weight is 538 g/mol. The topological polar surface area (TPSA) is 82.5 Å². The summed E-state index contributed by atoms with van der Waals surface area (Å²) in [5.41, 5.74) is 14.8. The molecule has 0 atom stereocenters. The molecule has 0 radical (unpaired) electrons. The molecule has 2 aromatic heterocycles. The minimum absolute atomic E-state index is 0.279. The second-order valence-electron chi connectivity index (χ2n) is 9.82. The lowest BCUT2D eigenvalue weighted by molar-refractivity contribution is 0.625. The van der Waals surface area contributed by atoms with Crippen molar-refractivity contribution < 1.29 is 4.39 Å². The molecule has 5 N–H and O–H groups in total. The second kappa shape index (κ2) is 10.4. The van der Waals surface area contributed by atoms with Gasteiger partial charge in [0.1, 0.15) is 11.5 Å². The third-order valence-electron chi connectivity index (χ3n) is 6.58. The predicted molar refractivity (Wildman–Crippen MR) is 169 cm³/mol. The molecule has 2 heterocycles. The summed E-state index contributed by atoms with van der Waals surface area (Å²) < 4.78 is 18.0. The van der Waals surface area contributed by atoms with Crippen LogP contribution in [-0.4, -0.2) is 33.2 Å².